The van der Waals surface area contributed by atoms with Gasteiger partial charge < -0.3 is 9.47 Å². The van der Waals surface area contributed by atoms with Crippen LogP contribution in [0.25, 0.3) is 0 Å². The van der Waals surface area contributed by atoms with Gasteiger partial charge in [-0.25, -0.2) is 8.42 Å². The molecule has 2 aromatic carbocycles. The largest absolute Gasteiger partial charge is 0.497 e. The molecule has 0 radical (unpaired) electrons. The van der Waals surface area contributed by atoms with Crippen molar-refractivity contribution in [1.82, 2.24) is 0 Å². The van der Waals surface area contributed by atoms with E-state index < -0.39 is 27.5 Å². The molecule has 26 heavy (non-hydrogen) atoms. The van der Waals surface area contributed by atoms with Crippen LogP contribution in [0.2, 0.25) is 0 Å². The topological polar surface area (TPSA) is 116 Å². The molecular weight excluding hydrogens is 364 g/mol. The second-order valence-electron chi connectivity index (χ2n) is 5.04. The zero-order valence-corrected chi connectivity index (χ0v) is 14.8. The van der Waals surface area contributed by atoms with Crippen molar-refractivity contribution in [3.63, 3.8) is 0 Å². The molecule has 9 nitrogen and oxygen atoms in total. The van der Waals surface area contributed by atoms with Crippen LogP contribution in [-0.4, -0.2) is 40.1 Å². The lowest BCUT2D eigenvalue weighted by Crippen LogP contribution is -2.36. The first-order valence-electron chi connectivity index (χ1n) is 7.27. The van der Waals surface area contributed by atoms with Crippen LogP contribution in [0.4, 0.5) is 11.4 Å². The van der Waals surface area contributed by atoms with Gasteiger partial charge in [-0.05, 0) is 30.3 Å². The Labute approximate surface area is 150 Å². The number of esters is 1. The van der Waals surface area contributed by atoms with Crippen LogP contribution < -0.4 is 9.04 Å². The van der Waals surface area contributed by atoms with Gasteiger partial charge >= 0.3 is 5.97 Å². The van der Waals surface area contributed by atoms with Crippen molar-refractivity contribution in [3.05, 3.63) is 58.6 Å². The van der Waals surface area contributed by atoms with Crippen LogP contribution in [0.5, 0.6) is 5.75 Å². The predicted molar refractivity (Wildman–Crippen MR) is 92.6 cm³/mol. The predicted octanol–water partition coefficient (Wildman–Crippen LogP) is 1.97. The molecule has 0 fully saturated rings. The van der Waals surface area contributed by atoms with Crippen molar-refractivity contribution < 1.29 is 27.6 Å². The molecule has 0 unspecified atom stereocenters. The van der Waals surface area contributed by atoms with Gasteiger partial charge in [-0.15, -0.1) is 0 Å². The molecule has 0 saturated heterocycles. The van der Waals surface area contributed by atoms with Gasteiger partial charge in [0.15, 0.2) is 0 Å². The maximum atomic E-state index is 13.0. The van der Waals surface area contributed by atoms with E-state index in [1.807, 2.05) is 0 Å². The van der Waals surface area contributed by atoms with Gasteiger partial charge in [-0.3, -0.25) is 19.2 Å². The van der Waals surface area contributed by atoms with Gasteiger partial charge in [0.05, 0.1) is 29.7 Å². The lowest BCUT2D eigenvalue weighted by molar-refractivity contribution is -0.384. The molecule has 0 saturated carbocycles. The van der Waals surface area contributed by atoms with E-state index in [9.17, 15) is 23.3 Å². The lowest BCUT2D eigenvalue weighted by Gasteiger charge is -2.23. The van der Waals surface area contributed by atoms with Gasteiger partial charge in [0.1, 0.15) is 12.3 Å². The van der Waals surface area contributed by atoms with Crippen molar-refractivity contribution in [2.24, 2.45) is 0 Å². The maximum Gasteiger partial charge on any atom is 0.326 e. The van der Waals surface area contributed by atoms with E-state index in [0.717, 1.165) is 17.5 Å². The van der Waals surface area contributed by atoms with Crippen molar-refractivity contribution in [3.8, 4) is 5.75 Å². The standard InChI is InChI=1S/C16H16N2O7S/c1-24-14-6-8-15(9-7-14)26(22,23)17(11-16(19)25-2)12-4-3-5-13(10-12)18(20)21/h3-10H,11H2,1-2H3. The van der Waals surface area contributed by atoms with Gasteiger partial charge in [0.2, 0.25) is 0 Å². The number of nitro benzene ring substituents is 1. The summed E-state index contributed by atoms with van der Waals surface area (Å²) >= 11 is 0. The smallest absolute Gasteiger partial charge is 0.326 e. The Hall–Kier alpha value is -3.14. The molecule has 0 aromatic heterocycles. The Bertz CT molecular complexity index is 910. The SMILES string of the molecule is COC(=O)CN(c1cccc([N+](=O)[O-])c1)S(=O)(=O)c1ccc(OC)cc1. The van der Waals surface area contributed by atoms with E-state index in [2.05, 4.69) is 4.74 Å². The van der Waals surface area contributed by atoms with Crippen LogP contribution in [-0.2, 0) is 19.6 Å². The van der Waals surface area contributed by atoms with Gasteiger partial charge in [-0.1, -0.05) is 6.07 Å². The van der Waals surface area contributed by atoms with Gasteiger partial charge in [-0.2, -0.15) is 0 Å². The number of hydrogen-bond acceptors (Lipinski definition) is 7. The number of benzene rings is 2. The fraction of sp³-hybridized carbons (Fsp3) is 0.188. The summed E-state index contributed by atoms with van der Waals surface area (Å²) in [4.78, 5) is 21.9. The fourth-order valence-electron chi connectivity index (χ4n) is 2.13. The van der Waals surface area contributed by atoms with Crippen LogP contribution in [0.15, 0.2) is 53.4 Å². The highest BCUT2D eigenvalue weighted by atomic mass is 32.2. The first kappa shape index (κ1) is 19.2. The summed E-state index contributed by atoms with van der Waals surface area (Å²) in [5.74, 6) is -0.354. The summed E-state index contributed by atoms with van der Waals surface area (Å²) in [7, 11) is -1.61. The quantitative estimate of drug-likeness (QED) is 0.409. The molecule has 0 aliphatic heterocycles. The summed E-state index contributed by atoms with van der Waals surface area (Å²) in [5.41, 5.74) is -0.331. The molecule has 2 aromatic rings. The van der Waals surface area contributed by atoms with E-state index in [1.54, 1.807) is 0 Å². The third-order valence-electron chi connectivity index (χ3n) is 3.48. The second-order valence-corrected chi connectivity index (χ2v) is 6.90. The van der Waals surface area contributed by atoms with Crippen LogP contribution in [0.3, 0.4) is 0 Å². The van der Waals surface area contributed by atoms with E-state index in [1.165, 1.54) is 49.6 Å². The van der Waals surface area contributed by atoms with Gasteiger partial charge in [0.25, 0.3) is 15.7 Å². The third kappa shape index (κ3) is 4.09. The number of hydrogen-bond donors (Lipinski definition) is 0. The number of nitrogens with zero attached hydrogens (tertiary/aromatic N) is 2. The highest BCUT2D eigenvalue weighted by Gasteiger charge is 2.28. The van der Waals surface area contributed by atoms with E-state index in [0.29, 0.717) is 5.75 Å². The van der Waals surface area contributed by atoms with Crippen LogP contribution in [0.1, 0.15) is 0 Å². The Balaban J connectivity index is 2.54. The minimum Gasteiger partial charge on any atom is -0.497 e. The normalized spacial score (nSPS) is 10.8. The van der Waals surface area contributed by atoms with E-state index >= 15 is 0 Å². The maximum absolute atomic E-state index is 13.0. The molecule has 0 atom stereocenters. The number of methoxy groups -OCH3 is 2. The molecule has 0 aliphatic carbocycles. The zero-order valence-electron chi connectivity index (χ0n) is 14.0. The Morgan fingerprint density at radius 3 is 2.35 bits per heavy atom. The molecule has 0 N–H and O–H groups in total. The number of rotatable bonds is 7. The summed E-state index contributed by atoms with van der Waals surface area (Å²) in [6.45, 7) is -0.633. The van der Waals surface area contributed by atoms with Crippen molar-refractivity contribution >= 4 is 27.4 Å². The molecular formula is C16H16N2O7S. The number of sulfonamides is 1. The Morgan fingerprint density at radius 2 is 1.81 bits per heavy atom. The zero-order chi connectivity index (χ0) is 19.3. The Kier molecular flexibility index (Phi) is 5.78. The number of non-ortho nitro benzene ring substituents is 1. The second kappa shape index (κ2) is 7.83. The Morgan fingerprint density at radius 1 is 1.15 bits per heavy atom. The average molecular weight is 380 g/mol. The fourth-order valence-corrected chi connectivity index (χ4v) is 3.53. The summed E-state index contributed by atoms with van der Waals surface area (Å²) in [6.07, 6.45) is 0. The molecule has 0 bridgehead atoms. The number of carbonyl (C=O) groups is 1. The third-order valence-corrected chi connectivity index (χ3v) is 5.26. The summed E-state index contributed by atoms with van der Waals surface area (Å²) in [6, 6.07) is 10.5. The molecule has 2 rings (SSSR count). The van der Waals surface area contributed by atoms with Crippen molar-refractivity contribution in [2.45, 2.75) is 4.90 Å². The minimum atomic E-state index is -4.17. The molecule has 0 heterocycles. The minimum absolute atomic E-state index is 0.0274. The van der Waals surface area contributed by atoms with E-state index in [4.69, 9.17) is 4.74 Å². The lowest BCUT2D eigenvalue weighted by atomic mass is 10.3. The highest BCUT2D eigenvalue weighted by Crippen LogP contribution is 2.27. The first-order chi connectivity index (χ1) is 12.3. The molecule has 0 spiro atoms. The number of anilines is 1. The number of nitro groups is 1. The highest BCUT2D eigenvalue weighted by molar-refractivity contribution is 7.92. The summed E-state index contributed by atoms with van der Waals surface area (Å²) in [5, 5.41) is 11.0. The van der Waals surface area contributed by atoms with Gasteiger partial charge in [0, 0.05) is 12.1 Å². The molecule has 0 aliphatic rings. The summed E-state index contributed by atoms with van der Waals surface area (Å²) < 4.78 is 36.2. The molecule has 138 valence electrons. The van der Waals surface area contributed by atoms with Crippen molar-refractivity contribution in [2.75, 3.05) is 25.1 Å². The van der Waals surface area contributed by atoms with E-state index in [-0.39, 0.29) is 16.3 Å². The van der Waals surface area contributed by atoms with Crippen LogP contribution >= 0.6 is 0 Å². The van der Waals surface area contributed by atoms with Crippen molar-refractivity contribution in [1.29, 1.82) is 0 Å². The molecule has 10 heteroatoms. The number of ether oxygens (including phenoxy) is 2. The number of carbonyl (C=O) groups excluding carboxylic acids is 1. The average Bonchev–Trinajstić information content (AvgIpc) is 2.65. The first-order valence-corrected chi connectivity index (χ1v) is 8.71. The monoisotopic (exact) mass is 380 g/mol. The van der Waals surface area contributed by atoms with Crippen LogP contribution in [0, 0.1) is 10.1 Å². The molecule has 0 amide bonds.